The molecule has 1 aromatic carbocycles. The standard InChI is InChI=1S/C21H32N6/c1-3-22-21(24-16-18-12-10-17(2)11-13-18)23-14-7-9-20-26-25-19-8-5-4-6-15-27(19)20/h10-13H,3-9,14-16H2,1-2H3,(H2,22,23,24). The van der Waals surface area contributed by atoms with Gasteiger partial charge in [0.2, 0.25) is 0 Å². The van der Waals surface area contributed by atoms with E-state index in [-0.39, 0.29) is 0 Å². The van der Waals surface area contributed by atoms with Crippen molar-refractivity contribution in [3.63, 3.8) is 0 Å². The fourth-order valence-electron chi connectivity index (χ4n) is 3.39. The molecule has 0 unspecified atom stereocenters. The summed E-state index contributed by atoms with van der Waals surface area (Å²) in [6.07, 6.45) is 6.83. The Balaban J connectivity index is 1.47. The summed E-state index contributed by atoms with van der Waals surface area (Å²) in [7, 11) is 0. The SMILES string of the molecule is CCNC(=NCc1ccc(C)cc1)NCCCc1nnc2n1CCCCC2. The molecule has 27 heavy (non-hydrogen) atoms. The van der Waals surface area contributed by atoms with Gasteiger partial charge in [-0.05, 0) is 38.7 Å². The maximum atomic E-state index is 4.69. The number of aryl methyl sites for hydroxylation is 3. The van der Waals surface area contributed by atoms with E-state index in [4.69, 9.17) is 4.99 Å². The largest absolute Gasteiger partial charge is 0.357 e. The predicted octanol–water partition coefficient (Wildman–Crippen LogP) is 3.00. The van der Waals surface area contributed by atoms with Crippen molar-refractivity contribution in [3.05, 3.63) is 47.0 Å². The highest BCUT2D eigenvalue weighted by Crippen LogP contribution is 2.15. The first-order valence-corrected chi connectivity index (χ1v) is 10.2. The summed E-state index contributed by atoms with van der Waals surface area (Å²) in [4.78, 5) is 4.69. The molecule has 0 spiro atoms. The van der Waals surface area contributed by atoms with Gasteiger partial charge in [0.1, 0.15) is 11.6 Å². The van der Waals surface area contributed by atoms with Crippen LogP contribution in [0.4, 0.5) is 0 Å². The van der Waals surface area contributed by atoms with Crippen LogP contribution in [0.5, 0.6) is 0 Å². The number of nitrogens with one attached hydrogen (secondary N) is 2. The molecule has 0 radical (unpaired) electrons. The molecule has 3 rings (SSSR count). The maximum Gasteiger partial charge on any atom is 0.191 e. The average molecular weight is 369 g/mol. The van der Waals surface area contributed by atoms with Crippen molar-refractivity contribution in [2.75, 3.05) is 13.1 Å². The lowest BCUT2D eigenvalue weighted by Gasteiger charge is -2.12. The molecule has 0 saturated carbocycles. The molecule has 0 fully saturated rings. The van der Waals surface area contributed by atoms with Crippen LogP contribution < -0.4 is 10.6 Å². The predicted molar refractivity (Wildman–Crippen MR) is 110 cm³/mol. The lowest BCUT2D eigenvalue weighted by molar-refractivity contribution is 0.594. The number of fused-ring (bicyclic) bond motifs is 1. The van der Waals surface area contributed by atoms with Crippen LogP contribution in [-0.4, -0.2) is 33.8 Å². The molecule has 0 bridgehead atoms. The Morgan fingerprint density at radius 1 is 1.11 bits per heavy atom. The highest BCUT2D eigenvalue weighted by molar-refractivity contribution is 5.79. The van der Waals surface area contributed by atoms with E-state index < -0.39 is 0 Å². The molecule has 1 aromatic heterocycles. The van der Waals surface area contributed by atoms with E-state index in [0.717, 1.165) is 50.7 Å². The molecule has 2 aromatic rings. The van der Waals surface area contributed by atoms with Crippen molar-refractivity contribution in [1.29, 1.82) is 0 Å². The van der Waals surface area contributed by atoms with Crippen LogP contribution >= 0.6 is 0 Å². The van der Waals surface area contributed by atoms with Gasteiger partial charge in [0.25, 0.3) is 0 Å². The molecule has 0 saturated heterocycles. The smallest absolute Gasteiger partial charge is 0.191 e. The Morgan fingerprint density at radius 2 is 1.96 bits per heavy atom. The van der Waals surface area contributed by atoms with Gasteiger partial charge in [-0.2, -0.15) is 0 Å². The second-order valence-corrected chi connectivity index (χ2v) is 7.21. The third-order valence-corrected chi connectivity index (χ3v) is 4.94. The molecule has 6 heteroatoms. The number of hydrogen-bond acceptors (Lipinski definition) is 3. The Bertz CT molecular complexity index is 732. The lowest BCUT2D eigenvalue weighted by atomic mass is 10.1. The molecule has 0 amide bonds. The van der Waals surface area contributed by atoms with Gasteiger partial charge in [0, 0.05) is 32.5 Å². The van der Waals surface area contributed by atoms with Gasteiger partial charge in [-0.3, -0.25) is 0 Å². The molecule has 1 aliphatic rings. The van der Waals surface area contributed by atoms with Gasteiger partial charge < -0.3 is 15.2 Å². The molecular weight excluding hydrogens is 336 g/mol. The summed E-state index contributed by atoms with van der Waals surface area (Å²) in [6.45, 7) is 7.69. The minimum absolute atomic E-state index is 0.688. The summed E-state index contributed by atoms with van der Waals surface area (Å²) in [5.74, 6) is 3.18. The van der Waals surface area contributed by atoms with Crippen LogP contribution in [-0.2, 0) is 25.9 Å². The van der Waals surface area contributed by atoms with E-state index in [0.29, 0.717) is 6.54 Å². The third kappa shape index (κ3) is 5.81. The van der Waals surface area contributed by atoms with Gasteiger partial charge >= 0.3 is 0 Å². The number of nitrogens with zero attached hydrogens (tertiary/aromatic N) is 4. The zero-order valence-corrected chi connectivity index (χ0v) is 16.7. The van der Waals surface area contributed by atoms with Gasteiger partial charge in [-0.25, -0.2) is 4.99 Å². The van der Waals surface area contributed by atoms with Gasteiger partial charge in [-0.1, -0.05) is 36.2 Å². The molecule has 146 valence electrons. The van der Waals surface area contributed by atoms with Crippen LogP contribution in [0.15, 0.2) is 29.3 Å². The summed E-state index contributed by atoms with van der Waals surface area (Å²) in [5, 5.41) is 15.6. The number of rotatable bonds is 7. The van der Waals surface area contributed by atoms with Crippen LogP contribution in [0.2, 0.25) is 0 Å². The maximum absolute atomic E-state index is 4.69. The summed E-state index contributed by atoms with van der Waals surface area (Å²) in [5.41, 5.74) is 2.50. The van der Waals surface area contributed by atoms with Gasteiger partial charge in [0.05, 0.1) is 6.54 Å². The lowest BCUT2D eigenvalue weighted by Crippen LogP contribution is -2.37. The van der Waals surface area contributed by atoms with E-state index >= 15 is 0 Å². The zero-order valence-electron chi connectivity index (χ0n) is 16.7. The summed E-state index contributed by atoms with van der Waals surface area (Å²) >= 11 is 0. The number of guanidine groups is 1. The first-order valence-electron chi connectivity index (χ1n) is 10.2. The summed E-state index contributed by atoms with van der Waals surface area (Å²) in [6, 6.07) is 8.54. The summed E-state index contributed by atoms with van der Waals surface area (Å²) < 4.78 is 2.34. The Labute approximate surface area is 162 Å². The second-order valence-electron chi connectivity index (χ2n) is 7.21. The molecule has 6 nitrogen and oxygen atoms in total. The third-order valence-electron chi connectivity index (χ3n) is 4.94. The van der Waals surface area contributed by atoms with Crippen LogP contribution in [0, 0.1) is 6.92 Å². The molecule has 2 N–H and O–H groups in total. The first kappa shape index (κ1) is 19.4. The van der Waals surface area contributed by atoms with E-state index in [9.17, 15) is 0 Å². The zero-order chi connectivity index (χ0) is 18.9. The Hall–Kier alpha value is -2.37. The quantitative estimate of drug-likeness (QED) is 0.448. The van der Waals surface area contributed by atoms with Gasteiger partial charge in [-0.15, -0.1) is 10.2 Å². The molecule has 0 atom stereocenters. The topological polar surface area (TPSA) is 67.1 Å². The number of aromatic nitrogens is 3. The van der Waals surface area contributed by atoms with Crippen molar-refractivity contribution in [2.24, 2.45) is 4.99 Å². The fraction of sp³-hybridized carbons (Fsp3) is 0.571. The number of hydrogen-bond donors (Lipinski definition) is 2. The van der Waals surface area contributed by atoms with Gasteiger partial charge in [0.15, 0.2) is 5.96 Å². The Kier molecular flexibility index (Phi) is 7.25. The van der Waals surface area contributed by atoms with Crippen molar-refractivity contribution in [3.8, 4) is 0 Å². The van der Waals surface area contributed by atoms with Crippen molar-refractivity contribution < 1.29 is 0 Å². The molecule has 0 aliphatic carbocycles. The van der Waals surface area contributed by atoms with E-state index in [1.54, 1.807) is 0 Å². The van der Waals surface area contributed by atoms with Crippen molar-refractivity contribution in [2.45, 2.75) is 65.5 Å². The highest BCUT2D eigenvalue weighted by Gasteiger charge is 2.14. The number of benzene rings is 1. The fourth-order valence-corrected chi connectivity index (χ4v) is 3.39. The molecule has 2 heterocycles. The average Bonchev–Trinajstić information content (AvgIpc) is 2.90. The van der Waals surface area contributed by atoms with Crippen LogP contribution in [0.25, 0.3) is 0 Å². The monoisotopic (exact) mass is 368 g/mol. The van der Waals surface area contributed by atoms with E-state index in [1.165, 1.54) is 36.2 Å². The van der Waals surface area contributed by atoms with Crippen LogP contribution in [0.3, 0.4) is 0 Å². The first-order chi connectivity index (χ1) is 13.3. The van der Waals surface area contributed by atoms with E-state index in [2.05, 4.69) is 63.5 Å². The van der Waals surface area contributed by atoms with Crippen molar-refractivity contribution >= 4 is 5.96 Å². The normalized spacial score (nSPS) is 14.5. The minimum atomic E-state index is 0.688. The molecule has 1 aliphatic heterocycles. The second kappa shape index (κ2) is 10.1. The number of aliphatic imine (C=N–C) groups is 1. The van der Waals surface area contributed by atoms with Crippen molar-refractivity contribution in [1.82, 2.24) is 25.4 Å². The van der Waals surface area contributed by atoms with E-state index in [1.807, 2.05) is 0 Å². The molecular formula is C21H32N6. The highest BCUT2D eigenvalue weighted by atomic mass is 15.3. The Morgan fingerprint density at radius 3 is 2.78 bits per heavy atom. The minimum Gasteiger partial charge on any atom is -0.357 e. The van der Waals surface area contributed by atoms with Crippen LogP contribution in [0.1, 0.15) is 55.4 Å².